The number of carbonyl (C=O) groups is 1. The summed E-state index contributed by atoms with van der Waals surface area (Å²) in [6, 6.07) is 5.13. The van der Waals surface area contributed by atoms with Crippen LogP contribution >= 0.6 is 0 Å². The number of imidazole rings is 1. The third-order valence-electron chi connectivity index (χ3n) is 6.59. The molecule has 194 valence electrons. The molecule has 1 aromatic carbocycles. The summed E-state index contributed by atoms with van der Waals surface area (Å²) >= 11 is 0. The standard InChI is InChI=1S/C24H26F3N3O5S/c1-14(2)29-19-10-15(20(31)12-24(3)6-8-36(33,34)9-7-24)4-5-17(19)30(23(29)32)18-11-21(35-22(26)27)28-13-16(18)25/h4-5,10-11,13-14,22H,6-9,12H2,1-3H3. The van der Waals surface area contributed by atoms with E-state index >= 15 is 0 Å². The largest absolute Gasteiger partial charge is 0.417 e. The van der Waals surface area contributed by atoms with Crippen molar-refractivity contribution in [1.29, 1.82) is 0 Å². The zero-order valence-electron chi connectivity index (χ0n) is 20.0. The summed E-state index contributed by atoms with van der Waals surface area (Å²) in [7, 11) is -3.08. The van der Waals surface area contributed by atoms with Gasteiger partial charge in [0, 0.05) is 24.1 Å². The summed E-state index contributed by atoms with van der Waals surface area (Å²) < 4.78 is 70.3. The maximum Gasteiger partial charge on any atom is 0.388 e. The quantitative estimate of drug-likeness (QED) is 0.427. The van der Waals surface area contributed by atoms with Gasteiger partial charge < -0.3 is 4.74 Å². The molecular weight excluding hydrogens is 499 g/mol. The monoisotopic (exact) mass is 525 g/mol. The van der Waals surface area contributed by atoms with Gasteiger partial charge in [-0.25, -0.2) is 22.6 Å². The van der Waals surface area contributed by atoms with E-state index in [2.05, 4.69) is 9.72 Å². The van der Waals surface area contributed by atoms with Gasteiger partial charge in [0.2, 0.25) is 5.88 Å². The van der Waals surface area contributed by atoms with E-state index in [-0.39, 0.29) is 41.0 Å². The van der Waals surface area contributed by atoms with Gasteiger partial charge in [0.15, 0.2) is 11.6 Å². The number of aromatic nitrogens is 3. The number of hydrogen-bond acceptors (Lipinski definition) is 6. The van der Waals surface area contributed by atoms with E-state index in [0.29, 0.717) is 30.1 Å². The Morgan fingerprint density at radius 1 is 1.17 bits per heavy atom. The van der Waals surface area contributed by atoms with E-state index in [9.17, 15) is 31.2 Å². The first-order chi connectivity index (χ1) is 16.8. The Bertz CT molecular complexity index is 1480. The van der Waals surface area contributed by atoms with Crippen LogP contribution in [0.1, 0.15) is 56.4 Å². The highest BCUT2D eigenvalue weighted by Gasteiger charge is 2.35. The average Bonchev–Trinajstić information content (AvgIpc) is 3.08. The lowest BCUT2D eigenvalue weighted by Crippen LogP contribution is -2.33. The van der Waals surface area contributed by atoms with Crippen LogP contribution in [0, 0.1) is 11.2 Å². The van der Waals surface area contributed by atoms with Crippen molar-refractivity contribution in [1.82, 2.24) is 14.1 Å². The molecule has 0 aliphatic carbocycles. The summed E-state index contributed by atoms with van der Waals surface area (Å²) in [5.41, 5.74) is -0.423. The minimum atomic E-state index is -3.18. The number of carbonyl (C=O) groups excluding carboxylic acids is 1. The van der Waals surface area contributed by atoms with E-state index in [0.717, 1.165) is 10.6 Å². The molecule has 0 radical (unpaired) electrons. The molecule has 0 unspecified atom stereocenters. The average molecular weight is 526 g/mol. The molecule has 0 amide bonds. The Balaban J connectivity index is 1.77. The minimum Gasteiger partial charge on any atom is -0.417 e. The number of fused-ring (bicyclic) bond motifs is 1. The van der Waals surface area contributed by atoms with Gasteiger partial charge >= 0.3 is 12.3 Å². The first-order valence-corrected chi connectivity index (χ1v) is 13.2. The molecule has 0 spiro atoms. The van der Waals surface area contributed by atoms with Crippen LogP contribution in [0.15, 0.2) is 35.3 Å². The fourth-order valence-electron chi connectivity index (χ4n) is 4.56. The number of ether oxygens (including phenoxy) is 1. The van der Waals surface area contributed by atoms with Crippen LogP contribution in [0.5, 0.6) is 5.88 Å². The van der Waals surface area contributed by atoms with Gasteiger partial charge in [0.25, 0.3) is 0 Å². The molecule has 4 rings (SSSR count). The number of rotatable bonds is 7. The fraction of sp³-hybridized carbons (Fsp3) is 0.458. The maximum absolute atomic E-state index is 14.7. The number of hydrogen-bond donors (Lipinski definition) is 0. The Morgan fingerprint density at radius 3 is 2.44 bits per heavy atom. The zero-order valence-corrected chi connectivity index (χ0v) is 20.8. The second-order valence-corrected chi connectivity index (χ2v) is 12.0. The van der Waals surface area contributed by atoms with E-state index < -0.39 is 39.3 Å². The predicted octanol–water partition coefficient (Wildman–Crippen LogP) is 4.30. The van der Waals surface area contributed by atoms with Gasteiger partial charge in [-0.1, -0.05) is 6.92 Å². The maximum atomic E-state index is 14.7. The molecule has 1 aliphatic rings. The first kappa shape index (κ1) is 25.9. The molecule has 1 saturated heterocycles. The number of benzene rings is 1. The molecule has 8 nitrogen and oxygen atoms in total. The van der Waals surface area contributed by atoms with Crippen LogP contribution in [0.3, 0.4) is 0 Å². The van der Waals surface area contributed by atoms with Crippen LogP contribution < -0.4 is 10.4 Å². The van der Waals surface area contributed by atoms with Crippen molar-refractivity contribution in [2.24, 2.45) is 5.41 Å². The molecule has 0 bridgehead atoms. The van der Waals surface area contributed by atoms with Gasteiger partial charge in [-0.3, -0.25) is 13.9 Å². The topological polar surface area (TPSA) is 100 Å². The summed E-state index contributed by atoms with van der Waals surface area (Å²) in [5.74, 6) is -1.58. The highest BCUT2D eigenvalue weighted by atomic mass is 32.2. The molecular formula is C24H26F3N3O5S. The minimum absolute atomic E-state index is 0.0420. The summed E-state index contributed by atoms with van der Waals surface area (Å²) in [6.45, 7) is 2.21. The molecule has 1 fully saturated rings. The normalized spacial score (nSPS) is 17.1. The number of Topliss-reactive ketones (excluding diaryl/α,β-unsaturated/α-hetero) is 1. The van der Waals surface area contributed by atoms with Crippen LogP contribution in [-0.2, 0) is 9.84 Å². The van der Waals surface area contributed by atoms with Gasteiger partial charge in [-0.15, -0.1) is 0 Å². The Labute approximate surface area is 205 Å². The van der Waals surface area contributed by atoms with Gasteiger partial charge in [-0.05, 0) is 50.3 Å². The Hall–Kier alpha value is -3.15. The number of sulfone groups is 1. The van der Waals surface area contributed by atoms with Crippen molar-refractivity contribution in [3.05, 3.63) is 52.3 Å². The lowest BCUT2D eigenvalue weighted by atomic mass is 9.78. The van der Waals surface area contributed by atoms with Crippen LogP contribution in [0.2, 0.25) is 0 Å². The van der Waals surface area contributed by atoms with Crippen LogP contribution in [-0.4, -0.2) is 46.4 Å². The van der Waals surface area contributed by atoms with Crippen molar-refractivity contribution < 1.29 is 31.1 Å². The molecule has 36 heavy (non-hydrogen) atoms. The first-order valence-electron chi connectivity index (χ1n) is 11.4. The van der Waals surface area contributed by atoms with Crippen molar-refractivity contribution >= 4 is 26.7 Å². The van der Waals surface area contributed by atoms with Crippen molar-refractivity contribution in [3.8, 4) is 11.6 Å². The fourth-order valence-corrected chi connectivity index (χ4v) is 6.37. The Kier molecular flexibility index (Phi) is 6.76. The lowest BCUT2D eigenvalue weighted by molar-refractivity contribution is -0.0529. The van der Waals surface area contributed by atoms with Crippen LogP contribution in [0.25, 0.3) is 16.7 Å². The molecule has 3 aromatic rings. The zero-order chi connectivity index (χ0) is 26.4. The molecule has 2 aromatic heterocycles. The lowest BCUT2D eigenvalue weighted by Gasteiger charge is -2.32. The van der Waals surface area contributed by atoms with E-state index in [1.54, 1.807) is 19.9 Å². The van der Waals surface area contributed by atoms with E-state index in [1.165, 1.54) is 16.7 Å². The number of halogens is 3. The molecule has 12 heteroatoms. The van der Waals surface area contributed by atoms with Crippen LogP contribution in [0.4, 0.5) is 13.2 Å². The summed E-state index contributed by atoms with van der Waals surface area (Å²) in [5, 5.41) is 0. The smallest absolute Gasteiger partial charge is 0.388 e. The third-order valence-corrected chi connectivity index (χ3v) is 8.25. The van der Waals surface area contributed by atoms with Crippen molar-refractivity contribution in [3.63, 3.8) is 0 Å². The van der Waals surface area contributed by atoms with Crippen molar-refractivity contribution in [2.75, 3.05) is 11.5 Å². The molecule has 0 atom stereocenters. The highest BCUT2D eigenvalue weighted by Crippen LogP contribution is 2.37. The number of nitrogens with zero attached hydrogens (tertiary/aromatic N) is 3. The SMILES string of the molecule is CC(C)n1c(=O)n(-c2cc(OC(F)F)ncc2F)c2ccc(C(=O)CC3(C)CCS(=O)(=O)CC3)cc21. The highest BCUT2D eigenvalue weighted by molar-refractivity contribution is 7.91. The second kappa shape index (κ2) is 9.38. The summed E-state index contributed by atoms with van der Waals surface area (Å²) in [4.78, 5) is 30.0. The number of pyridine rings is 1. The van der Waals surface area contributed by atoms with Gasteiger partial charge in [-0.2, -0.15) is 8.78 Å². The summed E-state index contributed by atoms with van der Waals surface area (Å²) in [6.07, 6.45) is 1.62. The molecule has 1 aliphatic heterocycles. The predicted molar refractivity (Wildman–Crippen MR) is 127 cm³/mol. The Morgan fingerprint density at radius 2 is 1.83 bits per heavy atom. The van der Waals surface area contributed by atoms with Gasteiger partial charge in [0.05, 0.1) is 34.4 Å². The third kappa shape index (κ3) is 5.04. The number of ketones is 1. The molecule has 3 heterocycles. The van der Waals surface area contributed by atoms with Gasteiger partial charge in [0.1, 0.15) is 9.84 Å². The molecule has 0 saturated carbocycles. The molecule has 0 N–H and O–H groups in total. The second-order valence-electron chi connectivity index (χ2n) is 9.70. The van der Waals surface area contributed by atoms with E-state index in [4.69, 9.17) is 0 Å². The number of alkyl halides is 2. The van der Waals surface area contributed by atoms with E-state index in [1.807, 2.05) is 6.92 Å². The van der Waals surface area contributed by atoms with Crippen molar-refractivity contribution in [2.45, 2.75) is 52.7 Å².